The van der Waals surface area contributed by atoms with E-state index in [1.165, 1.54) is 24.3 Å². The number of aromatic nitrogens is 1. The molecule has 6 heteroatoms. The second-order valence-electron chi connectivity index (χ2n) is 5.68. The van der Waals surface area contributed by atoms with E-state index >= 15 is 0 Å². The fraction of sp³-hybridized carbons (Fsp3) is 0.211. The van der Waals surface area contributed by atoms with Gasteiger partial charge >= 0.3 is 5.97 Å². The van der Waals surface area contributed by atoms with E-state index < -0.39 is 5.97 Å². The number of nitrogens with zero attached hydrogens (tertiary/aromatic N) is 1. The summed E-state index contributed by atoms with van der Waals surface area (Å²) in [7, 11) is 0. The van der Waals surface area contributed by atoms with Crippen molar-refractivity contribution in [3.8, 4) is 17.2 Å². The van der Waals surface area contributed by atoms with Gasteiger partial charge in [0.05, 0.1) is 17.1 Å². The molecular formula is C19H17NO5. The molecule has 0 aliphatic heterocycles. The normalized spacial score (nSPS) is 12.1. The summed E-state index contributed by atoms with van der Waals surface area (Å²) >= 11 is 0. The molecule has 0 radical (unpaired) electrons. The topological polar surface area (TPSA) is 89.6 Å². The smallest absolute Gasteiger partial charge is 0.335 e. The fourth-order valence-electron chi connectivity index (χ4n) is 2.38. The van der Waals surface area contributed by atoms with E-state index in [0.29, 0.717) is 17.0 Å². The summed E-state index contributed by atoms with van der Waals surface area (Å²) in [5.41, 5.74) is 0.433. The lowest BCUT2D eigenvalue weighted by Crippen LogP contribution is -2.11. The van der Waals surface area contributed by atoms with E-state index in [1.807, 2.05) is 13.8 Å². The second kappa shape index (κ2) is 6.76. The minimum atomic E-state index is -1.10. The van der Waals surface area contributed by atoms with E-state index in [9.17, 15) is 9.59 Å². The monoisotopic (exact) mass is 339 g/mol. The zero-order valence-electron chi connectivity index (χ0n) is 13.9. The highest BCUT2D eigenvalue weighted by atomic mass is 16.5. The fourth-order valence-corrected chi connectivity index (χ4v) is 2.38. The summed E-state index contributed by atoms with van der Waals surface area (Å²) in [4.78, 5) is 27.8. The van der Waals surface area contributed by atoms with Gasteiger partial charge in [0.25, 0.3) is 0 Å². The minimum Gasteiger partial charge on any atom is -0.488 e. The standard InChI is InChI=1S/C19H17NO5/c1-3-11(2)24-16-5-4-8-20-18(16)17-10-14(21)13-9-12(19(22)23)6-7-15(13)25-17/h4-11H,3H2,1-2H3,(H,22,23). The molecule has 3 rings (SSSR count). The van der Waals surface area contributed by atoms with E-state index in [-0.39, 0.29) is 28.2 Å². The molecule has 0 aliphatic carbocycles. The first-order valence-corrected chi connectivity index (χ1v) is 7.93. The maximum atomic E-state index is 12.4. The van der Waals surface area contributed by atoms with Crippen molar-refractivity contribution in [1.29, 1.82) is 0 Å². The van der Waals surface area contributed by atoms with Crippen LogP contribution < -0.4 is 10.2 Å². The van der Waals surface area contributed by atoms with Crippen LogP contribution in [0.3, 0.4) is 0 Å². The minimum absolute atomic E-state index is 0.00625. The average molecular weight is 339 g/mol. The molecule has 0 bridgehead atoms. The Bertz CT molecular complexity index is 993. The maximum absolute atomic E-state index is 12.4. The molecule has 0 fully saturated rings. The first kappa shape index (κ1) is 16.7. The van der Waals surface area contributed by atoms with Gasteiger partial charge in [0, 0.05) is 12.3 Å². The Hall–Kier alpha value is -3.15. The Labute approximate surface area is 143 Å². The van der Waals surface area contributed by atoms with Crippen LogP contribution in [0.1, 0.15) is 30.6 Å². The van der Waals surface area contributed by atoms with Gasteiger partial charge in [-0.15, -0.1) is 0 Å². The van der Waals surface area contributed by atoms with Gasteiger partial charge in [0.15, 0.2) is 11.2 Å². The number of ether oxygens (including phenoxy) is 1. The Morgan fingerprint density at radius 1 is 1.32 bits per heavy atom. The molecule has 0 amide bonds. The van der Waals surface area contributed by atoms with Crippen molar-refractivity contribution >= 4 is 16.9 Å². The van der Waals surface area contributed by atoms with Gasteiger partial charge < -0.3 is 14.3 Å². The van der Waals surface area contributed by atoms with Crippen LogP contribution in [-0.2, 0) is 0 Å². The molecule has 0 saturated heterocycles. The molecule has 1 atom stereocenters. The zero-order chi connectivity index (χ0) is 18.0. The van der Waals surface area contributed by atoms with E-state index in [0.717, 1.165) is 6.42 Å². The largest absolute Gasteiger partial charge is 0.488 e. The Balaban J connectivity index is 2.13. The van der Waals surface area contributed by atoms with Gasteiger partial charge in [-0.1, -0.05) is 6.92 Å². The molecule has 1 unspecified atom stereocenters. The van der Waals surface area contributed by atoms with Crippen molar-refractivity contribution < 1.29 is 19.1 Å². The predicted octanol–water partition coefficient (Wildman–Crippen LogP) is 3.73. The lowest BCUT2D eigenvalue weighted by Gasteiger charge is -2.15. The number of hydrogen-bond acceptors (Lipinski definition) is 5. The Morgan fingerprint density at radius 2 is 2.12 bits per heavy atom. The van der Waals surface area contributed by atoms with Crippen LogP contribution in [0.5, 0.6) is 5.75 Å². The second-order valence-corrected chi connectivity index (χ2v) is 5.68. The first-order valence-electron chi connectivity index (χ1n) is 7.93. The molecule has 128 valence electrons. The summed E-state index contributed by atoms with van der Waals surface area (Å²) in [6.45, 7) is 3.96. The van der Waals surface area contributed by atoms with Gasteiger partial charge in [-0.2, -0.15) is 0 Å². The molecule has 25 heavy (non-hydrogen) atoms. The van der Waals surface area contributed by atoms with Crippen LogP contribution in [0.2, 0.25) is 0 Å². The van der Waals surface area contributed by atoms with Crippen molar-refractivity contribution in [1.82, 2.24) is 4.98 Å². The molecular weight excluding hydrogens is 322 g/mol. The molecule has 6 nitrogen and oxygen atoms in total. The van der Waals surface area contributed by atoms with Gasteiger partial charge in [0.1, 0.15) is 17.0 Å². The van der Waals surface area contributed by atoms with Gasteiger partial charge in [-0.25, -0.2) is 9.78 Å². The van der Waals surface area contributed by atoms with Crippen LogP contribution >= 0.6 is 0 Å². The number of pyridine rings is 1. The van der Waals surface area contributed by atoms with Crippen LogP contribution in [0.25, 0.3) is 22.4 Å². The number of carboxylic acids is 1. The van der Waals surface area contributed by atoms with E-state index in [1.54, 1.807) is 18.3 Å². The number of carbonyl (C=O) groups is 1. The summed E-state index contributed by atoms with van der Waals surface area (Å²) in [6.07, 6.45) is 2.41. The summed E-state index contributed by atoms with van der Waals surface area (Å²) < 4.78 is 11.6. The summed E-state index contributed by atoms with van der Waals surface area (Å²) in [5.74, 6) is -0.291. The number of benzene rings is 1. The third-order valence-electron chi connectivity index (χ3n) is 3.88. The molecule has 1 aromatic carbocycles. The van der Waals surface area contributed by atoms with Crippen molar-refractivity contribution in [2.45, 2.75) is 26.4 Å². The van der Waals surface area contributed by atoms with Gasteiger partial charge in [-0.05, 0) is 43.7 Å². The SMILES string of the molecule is CCC(C)Oc1cccnc1-c1cc(=O)c2cc(C(=O)O)ccc2o1. The number of fused-ring (bicyclic) bond motifs is 1. The zero-order valence-corrected chi connectivity index (χ0v) is 13.9. The average Bonchev–Trinajstić information content (AvgIpc) is 2.61. The molecule has 1 N–H and O–H groups in total. The van der Waals surface area contributed by atoms with Crippen molar-refractivity contribution in [3.05, 3.63) is 58.4 Å². The third-order valence-corrected chi connectivity index (χ3v) is 3.88. The highest BCUT2D eigenvalue weighted by Gasteiger charge is 2.15. The van der Waals surface area contributed by atoms with Crippen molar-refractivity contribution in [2.75, 3.05) is 0 Å². The lowest BCUT2D eigenvalue weighted by atomic mass is 10.1. The lowest BCUT2D eigenvalue weighted by molar-refractivity contribution is 0.0697. The van der Waals surface area contributed by atoms with Crippen molar-refractivity contribution in [3.63, 3.8) is 0 Å². The Morgan fingerprint density at radius 3 is 2.84 bits per heavy atom. The highest BCUT2D eigenvalue weighted by molar-refractivity contribution is 5.93. The van der Waals surface area contributed by atoms with E-state index in [4.69, 9.17) is 14.3 Å². The number of carboxylic acid groups (broad SMARTS) is 1. The quantitative estimate of drug-likeness (QED) is 0.762. The Kier molecular flexibility index (Phi) is 4.52. The third kappa shape index (κ3) is 3.38. The highest BCUT2D eigenvalue weighted by Crippen LogP contribution is 2.29. The van der Waals surface area contributed by atoms with Gasteiger partial charge in [-0.3, -0.25) is 4.79 Å². The van der Waals surface area contributed by atoms with Crippen LogP contribution in [0.4, 0.5) is 0 Å². The molecule has 2 heterocycles. The maximum Gasteiger partial charge on any atom is 0.335 e. The molecule has 2 aromatic heterocycles. The molecule has 0 saturated carbocycles. The van der Waals surface area contributed by atoms with Crippen molar-refractivity contribution in [2.24, 2.45) is 0 Å². The van der Waals surface area contributed by atoms with Crippen LogP contribution in [0, 0.1) is 0 Å². The molecule has 3 aromatic rings. The van der Waals surface area contributed by atoms with Crippen LogP contribution in [0.15, 0.2) is 51.8 Å². The summed E-state index contributed by atoms with van der Waals surface area (Å²) in [6, 6.07) is 9.00. The number of hydrogen-bond donors (Lipinski definition) is 1. The van der Waals surface area contributed by atoms with Crippen LogP contribution in [-0.4, -0.2) is 22.2 Å². The van der Waals surface area contributed by atoms with Gasteiger partial charge in [0.2, 0.25) is 0 Å². The summed E-state index contributed by atoms with van der Waals surface area (Å²) in [5, 5.41) is 9.26. The number of aromatic carboxylic acids is 1. The predicted molar refractivity (Wildman–Crippen MR) is 93.1 cm³/mol. The number of rotatable bonds is 5. The first-order chi connectivity index (χ1) is 12.0. The molecule has 0 spiro atoms. The molecule has 0 aliphatic rings. The van der Waals surface area contributed by atoms with E-state index in [2.05, 4.69) is 4.98 Å².